The molecule has 4 nitrogen and oxygen atoms in total. The molecule has 0 saturated heterocycles. The molecule has 1 aromatic carbocycles. The number of fused-ring (bicyclic) bond motifs is 2. The molecule has 1 amide bonds. The molecule has 24 heavy (non-hydrogen) atoms. The van der Waals surface area contributed by atoms with Crippen LogP contribution < -0.4 is 10.4 Å². The minimum Gasteiger partial charge on any atom is -0.296 e. The lowest BCUT2D eigenvalue weighted by atomic mass is 9.73. The summed E-state index contributed by atoms with van der Waals surface area (Å²) in [6, 6.07) is 7.49. The molecule has 0 fully saturated rings. The van der Waals surface area contributed by atoms with Crippen molar-refractivity contribution in [2.75, 3.05) is 18.1 Å². The predicted octanol–water partition coefficient (Wildman–Crippen LogP) is 3.30. The van der Waals surface area contributed by atoms with Gasteiger partial charge in [-0.25, -0.2) is 0 Å². The molecule has 128 valence electrons. The quantitative estimate of drug-likeness (QED) is 0.844. The Labute approximate surface area is 144 Å². The minimum absolute atomic E-state index is 0.360. The Morgan fingerprint density at radius 1 is 1.33 bits per heavy atom. The number of hydrogen-bond acceptors (Lipinski definition) is 3. The van der Waals surface area contributed by atoms with Crippen LogP contribution in [-0.4, -0.2) is 36.5 Å². The molecule has 1 aliphatic carbocycles. The molecule has 2 heterocycles. The van der Waals surface area contributed by atoms with Crippen molar-refractivity contribution < 1.29 is 4.79 Å². The molecule has 2 aliphatic heterocycles. The van der Waals surface area contributed by atoms with Gasteiger partial charge in [-0.1, -0.05) is 32.1 Å². The first-order chi connectivity index (χ1) is 11.8. The maximum atomic E-state index is 11.1. The highest BCUT2D eigenvalue weighted by atomic mass is 16.1. The molecule has 0 spiro atoms. The maximum absolute atomic E-state index is 11.1. The van der Waals surface area contributed by atoms with E-state index in [2.05, 4.69) is 53.5 Å². The summed E-state index contributed by atoms with van der Waals surface area (Å²) in [5.74, 6) is 0.508. The van der Waals surface area contributed by atoms with E-state index in [0.29, 0.717) is 18.0 Å². The number of anilines is 1. The topological polar surface area (TPSA) is 35.6 Å². The Morgan fingerprint density at radius 3 is 2.96 bits per heavy atom. The predicted molar refractivity (Wildman–Crippen MR) is 97.8 cm³/mol. The van der Waals surface area contributed by atoms with E-state index < -0.39 is 0 Å². The van der Waals surface area contributed by atoms with Crippen LogP contribution in [0.1, 0.15) is 56.6 Å². The van der Waals surface area contributed by atoms with Crippen molar-refractivity contribution in [3.05, 3.63) is 35.4 Å². The zero-order valence-electron chi connectivity index (χ0n) is 14.7. The number of carbonyl (C=O) groups is 1. The molecule has 1 N–H and O–H groups in total. The molecule has 0 bridgehead atoms. The van der Waals surface area contributed by atoms with Crippen LogP contribution in [0.15, 0.2) is 24.3 Å². The lowest BCUT2D eigenvalue weighted by Crippen LogP contribution is -2.47. The third-order valence-electron chi connectivity index (χ3n) is 6.00. The van der Waals surface area contributed by atoms with Gasteiger partial charge < -0.3 is 0 Å². The van der Waals surface area contributed by atoms with Crippen LogP contribution in [0.2, 0.25) is 0 Å². The van der Waals surface area contributed by atoms with Crippen molar-refractivity contribution in [2.45, 2.75) is 57.5 Å². The first kappa shape index (κ1) is 15.7. The van der Waals surface area contributed by atoms with Gasteiger partial charge >= 0.3 is 0 Å². The van der Waals surface area contributed by atoms with E-state index in [4.69, 9.17) is 0 Å². The van der Waals surface area contributed by atoms with Crippen LogP contribution >= 0.6 is 0 Å². The van der Waals surface area contributed by atoms with Gasteiger partial charge in [-0.05, 0) is 55.0 Å². The lowest BCUT2D eigenvalue weighted by molar-refractivity contribution is -0.109. The number of amides is 1. The van der Waals surface area contributed by atoms with Gasteiger partial charge in [0.25, 0.3) is 0 Å². The highest BCUT2D eigenvalue weighted by Crippen LogP contribution is 2.52. The molecule has 3 aliphatic rings. The smallest absolute Gasteiger partial charge is 0.225 e. The maximum Gasteiger partial charge on any atom is 0.225 e. The van der Waals surface area contributed by atoms with Crippen molar-refractivity contribution in [1.82, 2.24) is 10.3 Å². The fourth-order valence-electron chi connectivity index (χ4n) is 5.15. The number of hydrazine groups is 1. The van der Waals surface area contributed by atoms with E-state index in [0.717, 1.165) is 19.3 Å². The number of carbonyl (C=O) groups excluding carboxylic acids is 1. The molecule has 0 aromatic heterocycles. The van der Waals surface area contributed by atoms with E-state index in [9.17, 15) is 4.79 Å². The Kier molecular flexibility index (Phi) is 4.09. The number of hydrogen-bond donors (Lipinski definition) is 1. The van der Waals surface area contributed by atoms with Gasteiger partial charge in [-0.15, -0.1) is 0 Å². The van der Waals surface area contributed by atoms with Crippen molar-refractivity contribution >= 4 is 17.7 Å². The minimum atomic E-state index is 0.360. The van der Waals surface area contributed by atoms with Gasteiger partial charge in [-0.3, -0.25) is 20.1 Å². The van der Waals surface area contributed by atoms with Crippen LogP contribution in [-0.2, 0) is 4.79 Å². The zero-order chi connectivity index (χ0) is 16.7. The van der Waals surface area contributed by atoms with Gasteiger partial charge in [-0.2, -0.15) is 0 Å². The second-order valence-electron chi connectivity index (χ2n) is 7.17. The summed E-state index contributed by atoms with van der Waals surface area (Å²) in [5.41, 5.74) is 8.55. The normalized spacial score (nSPS) is 28.2. The van der Waals surface area contributed by atoms with Crippen LogP contribution in [0.25, 0.3) is 5.57 Å². The van der Waals surface area contributed by atoms with Crippen LogP contribution in [0, 0.1) is 0 Å². The largest absolute Gasteiger partial charge is 0.296 e. The van der Waals surface area contributed by atoms with Gasteiger partial charge in [0.1, 0.15) is 0 Å². The average Bonchev–Trinajstić information content (AvgIpc) is 2.91. The van der Waals surface area contributed by atoms with Gasteiger partial charge in [0.15, 0.2) is 0 Å². The summed E-state index contributed by atoms with van der Waals surface area (Å²) < 4.78 is 0. The van der Waals surface area contributed by atoms with E-state index in [1.165, 1.54) is 48.3 Å². The van der Waals surface area contributed by atoms with Crippen molar-refractivity contribution in [2.24, 2.45) is 0 Å². The highest BCUT2D eigenvalue weighted by molar-refractivity contribution is 5.82. The van der Waals surface area contributed by atoms with Crippen molar-refractivity contribution in [1.29, 1.82) is 0 Å². The third kappa shape index (κ3) is 2.20. The molecular formula is C20H27N3O. The second-order valence-corrected chi connectivity index (χ2v) is 7.17. The first-order valence-electron chi connectivity index (χ1n) is 9.36. The van der Waals surface area contributed by atoms with Crippen molar-refractivity contribution in [3.8, 4) is 0 Å². The second kappa shape index (κ2) is 6.25. The molecule has 4 rings (SSSR count). The molecule has 0 radical (unpaired) electrons. The molecule has 1 aromatic rings. The molecule has 4 heteroatoms. The van der Waals surface area contributed by atoms with Gasteiger partial charge in [0, 0.05) is 18.5 Å². The number of nitrogens with one attached hydrogen (secondary N) is 1. The Balaban J connectivity index is 1.81. The van der Waals surface area contributed by atoms with E-state index in [1.54, 1.807) is 0 Å². The molecular weight excluding hydrogens is 298 g/mol. The standard InChI is InChI=1S/C20H27N3O/c1-3-10-22-11-6-8-14-15-7-5-9-18-20(15)16(12-19(14)22)17(4-2)23(18)21-13-24/h5,7-9,13,16-17,19H,3-4,6,10-12H2,1-2H3,(H,21,24)/t16?,17?,19-/m1/s1. The van der Waals surface area contributed by atoms with Crippen LogP contribution in [0.4, 0.5) is 5.69 Å². The van der Waals surface area contributed by atoms with E-state index >= 15 is 0 Å². The van der Waals surface area contributed by atoms with Crippen LogP contribution in [0.3, 0.4) is 0 Å². The number of nitrogens with zero attached hydrogens (tertiary/aromatic N) is 2. The first-order valence-corrected chi connectivity index (χ1v) is 9.36. The van der Waals surface area contributed by atoms with E-state index in [1.807, 2.05) is 0 Å². The Bertz CT molecular complexity index is 669. The summed E-state index contributed by atoms with van der Waals surface area (Å²) in [4.78, 5) is 13.8. The molecule has 2 unspecified atom stereocenters. The van der Waals surface area contributed by atoms with Crippen molar-refractivity contribution in [3.63, 3.8) is 0 Å². The number of rotatable bonds is 5. The summed E-state index contributed by atoms with van der Waals surface area (Å²) >= 11 is 0. The Hall–Kier alpha value is -1.81. The lowest BCUT2D eigenvalue weighted by Gasteiger charge is -2.42. The third-order valence-corrected chi connectivity index (χ3v) is 6.00. The zero-order valence-corrected chi connectivity index (χ0v) is 14.7. The fraction of sp³-hybridized carbons (Fsp3) is 0.550. The number of benzene rings is 1. The summed E-state index contributed by atoms with van der Waals surface area (Å²) in [5, 5.41) is 2.11. The van der Waals surface area contributed by atoms with Crippen LogP contribution in [0.5, 0.6) is 0 Å². The SMILES string of the molecule is CCCN1CCC=C2c3cccc4c3C(C[C@H]21)C(CC)N4NC=O. The van der Waals surface area contributed by atoms with Gasteiger partial charge in [0.2, 0.25) is 6.41 Å². The average molecular weight is 325 g/mol. The molecule has 3 atom stereocenters. The summed E-state index contributed by atoms with van der Waals surface area (Å²) in [7, 11) is 0. The Morgan fingerprint density at radius 2 is 2.21 bits per heavy atom. The van der Waals surface area contributed by atoms with Gasteiger partial charge in [0.05, 0.1) is 11.7 Å². The highest BCUT2D eigenvalue weighted by Gasteiger charge is 2.46. The van der Waals surface area contributed by atoms with E-state index in [-0.39, 0.29) is 0 Å². The monoisotopic (exact) mass is 325 g/mol. The molecule has 0 saturated carbocycles. The summed E-state index contributed by atoms with van der Waals surface area (Å²) in [6.45, 7) is 6.85. The summed E-state index contributed by atoms with van der Waals surface area (Å²) in [6.07, 6.45) is 7.84. The fourth-order valence-corrected chi connectivity index (χ4v) is 5.15.